The molecule has 15 nitrogen and oxygen atoms in total. The van der Waals surface area contributed by atoms with E-state index in [-0.39, 0.29) is 31.5 Å². The van der Waals surface area contributed by atoms with Crippen molar-refractivity contribution in [2.75, 3.05) is 11.3 Å². The van der Waals surface area contributed by atoms with Gasteiger partial charge in [-0.3, -0.25) is 24.0 Å². The number of ether oxygens (including phenoxy) is 2. The number of halogens is 3. The molecule has 3 aliphatic heterocycles. The summed E-state index contributed by atoms with van der Waals surface area (Å²) in [6.07, 6.45) is -1.13. The third kappa shape index (κ3) is 10.2. The molecule has 2 aromatic rings. The summed E-state index contributed by atoms with van der Waals surface area (Å²) in [5, 5.41) is 5.34. The second-order valence-corrected chi connectivity index (χ2v) is 17.4. The van der Waals surface area contributed by atoms with Gasteiger partial charge in [-0.05, 0) is 81.8 Å². The number of hydrogen-bond acceptors (Lipinski definition) is 9. The van der Waals surface area contributed by atoms with Crippen molar-refractivity contribution in [2.45, 2.75) is 114 Å². The van der Waals surface area contributed by atoms with Crippen LogP contribution in [-0.4, -0.2) is 84.0 Å². The molecule has 0 aromatic heterocycles. The van der Waals surface area contributed by atoms with E-state index < -0.39 is 87.1 Å². The van der Waals surface area contributed by atoms with Crippen LogP contribution in [-0.2, 0) is 53.3 Å². The van der Waals surface area contributed by atoms with E-state index in [9.17, 15) is 45.6 Å². The van der Waals surface area contributed by atoms with E-state index in [1.165, 1.54) is 9.80 Å². The maximum atomic E-state index is 14.4. The fourth-order valence-electron chi connectivity index (χ4n) is 7.42. The molecular formula is C39H47F3N6O9S. The molecule has 6 rings (SSSR count). The Morgan fingerprint density at radius 1 is 0.948 bits per heavy atom. The molecule has 19 heteroatoms. The van der Waals surface area contributed by atoms with E-state index in [2.05, 4.69) is 10.6 Å². The van der Waals surface area contributed by atoms with Crippen molar-refractivity contribution in [1.29, 1.82) is 0 Å². The zero-order chi connectivity index (χ0) is 42.0. The molecule has 1 saturated carbocycles. The SMILES string of the molecule is CC(C)(C)OC(=O)NC1CCCCCC=CC2CC2(C(=O)NS(=O)(=O)Nc2ccc(C(F)(F)F)cc2)NC(=O)C2CC(OC(=O)N3Cc4ccccc4C3)CN2C1=O. The molecule has 4 aliphatic rings. The number of carbonyl (C=O) groups is 5. The number of allylic oxidation sites excluding steroid dienone is 1. The first-order chi connectivity index (χ1) is 27.2. The molecule has 3 heterocycles. The first-order valence-electron chi connectivity index (χ1n) is 19.1. The Labute approximate surface area is 334 Å². The Balaban J connectivity index is 1.24. The molecule has 58 heavy (non-hydrogen) atoms. The number of carbonyl (C=O) groups excluding carboxylic acids is 5. The van der Waals surface area contributed by atoms with E-state index in [0.717, 1.165) is 23.3 Å². The molecule has 5 unspecified atom stereocenters. The number of nitrogens with one attached hydrogen (secondary N) is 4. The van der Waals surface area contributed by atoms with Crippen LogP contribution in [0.2, 0.25) is 0 Å². The molecule has 2 aromatic carbocycles. The van der Waals surface area contributed by atoms with Crippen LogP contribution in [0, 0.1) is 5.92 Å². The molecule has 0 radical (unpaired) electrons. The molecule has 0 bridgehead atoms. The van der Waals surface area contributed by atoms with Crippen molar-refractivity contribution >= 4 is 45.8 Å². The Bertz CT molecular complexity index is 2030. The van der Waals surface area contributed by atoms with Crippen LogP contribution in [0.4, 0.5) is 28.4 Å². The Hall–Kier alpha value is -5.33. The van der Waals surface area contributed by atoms with Crippen LogP contribution in [0.5, 0.6) is 0 Å². The lowest BCUT2D eigenvalue weighted by Gasteiger charge is -2.30. The number of alkyl halides is 3. The number of alkyl carbamates (subject to hydrolysis) is 1. The van der Waals surface area contributed by atoms with Crippen molar-refractivity contribution in [3.63, 3.8) is 0 Å². The van der Waals surface area contributed by atoms with Crippen LogP contribution in [0.3, 0.4) is 0 Å². The maximum Gasteiger partial charge on any atom is 0.416 e. The first-order valence-corrected chi connectivity index (χ1v) is 20.5. The zero-order valence-corrected chi connectivity index (χ0v) is 33.1. The summed E-state index contributed by atoms with van der Waals surface area (Å²) in [5.74, 6) is -3.23. The normalized spacial score (nSPS) is 25.2. The lowest BCUT2D eigenvalue weighted by molar-refractivity contribution is -0.141. The van der Waals surface area contributed by atoms with E-state index in [1.54, 1.807) is 26.8 Å². The molecule has 4 N–H and O–H groups in total. The molecule has 5 atom stereocenters. The fraction of sp³-hybridized carbons (Fsp3) is 0.513. The summed E-state index contributed by atoms with van der Waals surface area (Å²) in [6.45, 7) is 5.40. The third-order valence-electron chi connectivity index (χ3n) is 10.4. The smallest absolute Gasteiger partial charge is 0.416 e. The molecule has 0 spiro atoms. The topological polar surface area (TPSA) is 193 Å². The van der Waals surface area contributed by atoms with E-state index in [0.29, 0.717) is 50.9 Å². The van der Waals surface area contributed by atoms with Gasteiger partial charge >= 0.3 is 28.6 Å². The van der Waals surface area contributed by atoms with Crippen LogP contribution >= 0.6 is 0 Å². The van der Waals surface area contributed by atoms with Gasteiger partial charge in [0.1, 0.15) is 29.3 Å². The van der Waals surface area contributed by atoms with Crippen LogP contribution in [0.15, 0.2) is 60.7 Å². The van der Waals surface area contributed by atoms with Gasteiger partial charge in [-0.1, -0.05) is 49.3 Å². The zero-order valence-electron chi connectivity index (χ0n) is 32.3. The molecule has 1 saturated heterocycles. The molecule has 5 amide bonds. The minimum atomic E-state index is -4.72. The number of fused-ring (bicyclic) bond motifs is 3. The highest BCUT2D eigenvalue weighted by Crippen LogP contribution is 2.46. The second-order valence-electron chi connectivity index (χ2n) is 16.0. The van der Waals surface area contributed by atoms with Crippen molar-refractivity contribution in [2.24, 2.45) is 5.92 Å². The number of benzene rings is 2. The average molecular weight is 833 g/mol. The Morgan fingerprint density at radius 2 is 1.62 bits per heavy atom. The second kappa shape index (κ2) is 16.5. The van der Waals surface area contributed by atoms with Gasteiger partial charge in [0.25, 0.3) is 5.91 Å². The highest BCUT2D eigenvalue weighted by Gasteiger charge is 2.62. The lowest BCUT2D eigenvalue weighted by atomic mass is 10.0. The van der Waals surface area contributed by atoms with Crippen molar-refractivity contribution < 1.29 is 55.0 Å². The van der Waals surface area contributed by atoms with Crippen LogP contribution in [0.1, 0.15) is 82.4 Å². The highest BCUT2D eigenvalue weighted by molar-refractivity contribution is 7.91. The van der Waals surface area contributed by atoms with Gasteiger partial charge in [0.15, 0.2) is 0 Å². The van der Waals surface area contributed by atoms with Gasteiger partial charge in [0, 0.05) is 25.4 Å². The average Bonchev–Trinajstić information content (AvgIpc) is 3.43. The summed E-state index contributed by atoms with van der Waals surface area (Å²) >= 11 is 0. The quantitative estimate of drug-likeness (QED) is 0.294. The van der Waals surface area contributed by atoms with Gasteiger partial charge in [0.05, 0.1) is 17.8 Å². The van der Waals surface area contributed by atoms with Crippen LogP contribution < -0.4 is 20.1 Å². The summed E-state index contributed by atoms with van der Waals surface area (Å²) < 4.78 is 80.6. The standard InChI is InChI=1S/C39H47F3N6O9S/c1-37(2,3)57-35(52)43-30-14-8-6-4-5-7-13-27-20-38(27,34(51)46-58(54,55)45-28-17-15-26(16-18-28)39(40,41)42)44-32(49)31-19-29(23-48(31)33(30)50)56-36(53)47-21-24-11-9-10-12-25(24)22-47/h7,9-13,15-18,27,29-31,45H,4-6,8,14,19-23H2,1-3H3,(H,43,52)(H,44,49)(H,46,51). The van der Waals surface area contributed by atoms with Gasteiger partial charge in [-0.15, -0.1) is 0 Å². The summed E-state index contributed by atoms with van der Waals surface area (Å²) in [7, 11) is -4.72. The first kappa shape index (κ1) is 42.3. The number of hydrogen-bond donors (Lipinski definition) is 4. The summed E-state index contributed by atoms with van der Waals surface area (Å²) in [6, 6.07) is 8.22. The fourth-order valence-corrected chi connectivity index (χ4v) is 8.34. The monoisotopic (exact) mass is 832 g/mol. The third-order valence-corrected chi connectivity index (χ3v) is 11.4. The minimum absolute atomic E-state index is 0.00566. The highest BCUT2D eigenvalue weighted by atomic mass is 32.2. The van der Waals surface area contributed by atoms with Gasteiger partial charge < -0.3 is 25.0 Å². The molecule has 314 valence electrons. The van der Waals surface area contributed by atoms with Gasteiger partial charge in [-0.2, -0.15) is 21.6 Å². The summed E-state index contributed by atoms with van der Waals surface area (Å²) in [5.41, 5.74) is -2.01. The predicted octanol–water partition coefficient (Wildman–Crippen LogP) is 4.89. The van der Waals surface area contributed by atoms with Crippen molar-refractivity contribution in [1.82, 2.24) is 25.2 Å². The van der Waals surface area contributed by atoms with Gasteiger partial charge in [0.2, 0.25) is 11.8 Å². The Morgan fingerprint density at radius 3 is 2.26 bits per heavy atom. The number of amides is 5. The molecule has 2 fully saturated rings. The minimum Gasteiger partial charge on any atom is -0.444 e. The van der Waals surface area contributed by atoms with Gasteiger partial charge in [-0.25, -0.2) is 14.3 Å². The predicted molar refractivity (Wildman–Crippen MR) is 203 cm³/mol. The summed E-state index contributed by atoms with van der Waals surface area (Å²) in [4.78, 5) is 71.6. The maximum absolute atomic E-state index is 14.4. The number of nitrogens with zero attached hydrogens (tertiary/aromatic N) is 2. The van der Waals surface area contributed by atoms with Crippen molar-refractivity contribution in [3.05, 3.63) is 77.4 Å². The van der Waals surface area contributed by atoms with E-state index in [4.69, 9.17) is 9.47 Å². The largest absolute Gasteiger partial charge is 0.444 e. The van der Waals surface area contributed by atoms with E-state index in [1.807, 2.05) is 39.8 Å². The van der Waals surface area contributed by atoms with Crippen molar-refractivity contribution in [3.8, 4) is 0 Å². The molecule has 1 aliphatic carbocycles. The number of anilines is 1. The number of rotatable bonds is 6. The van der Waals surface area contributed by atoms with Crippen LogP contribution in [0.25, 0.3) is 0 Å². The lowest BCUT2D eigenvalue weighted by Crippen LogP contribution is -2.58. The molecular weight excluding hydrogens is 786 g/mol. The Kier molecular flexibility index (Phi) is 12.0. The van der Waals surface area contributed by atoms with E-state index >= 15 is 0 Å².